The lowest BCUT2D eigenvalue weighted by atomic mass is 10.2. The van der Waals surface area contributed by atoms with Gasteiger partial charge >= 0.3 is 0 Å². The van der Waals surface area contributed by atoms with Crippen molar-refractivity contribution in [3.8, 4) is 11.4 Å². The SMILES string of the molecule is CCC(=O)Nc1ccc(-c2nnc(SCc3ccccc3)n2C)cc1. The fourth-order valence-electron chi connectivity index (χ4n) is 2.37. The zero-order valence-corrected chi connectivity index (χ0v) is 15.1. The van der Waals surface area contributed by atoms with Crippen molar-refractivity contribution in [2.75, 3.05) is 5.32 Å². The smallest absolute Gasteiger partial charge is 0.224 e. The Morgan fingerprint density at radius 2 is 1.80 bits per heavy atom. The zero-order chi connectivity index (χ0) is 17.6. The van der Waals surface area contributed by atoms with Gasteiger partial charge in [-0.2, -0.15) is 0 Å². The predicted octanol–water partition coefficient (Wildman–Crippen LogP) is 4.12. The summed E-state index contributed by atoms with van der Waals surface area (Å²) in [6.07, 6.45) is 0.465. The molecule has 1 heterocycles. The van der Waals surface area contributed by atoms with E-state index in [1.165, 1.54) is 5.56 Å². The summed E-state index contributed by atoms with van der Waals surface area (Å²) >= 11 is 1.66. The van der Waals surface area contributed by atoms with Gasteiger partial charge in [-0.05, 0) is 29.8 Å². The Morgan fingerprint density at radius 3 is 2.48 bits per heavy atom. The third-order valence-electron chi connectivity index (χ3n) is 3.79. The highest BCUT2D eigenvalue weighted by Gasteiger charge is 2.11. The second-order valence-corrected chi connectivity index (χ2v) is 6.56. The average molecular weight is 352 g/mol. The van der Waals surface area contributed by atoms with Gasteiger partial charge in [0.05, 0.1) is 0 Å². The third-order valence-corrected chi connectivity index (χ3v) is 4.89. The lowest BCUT2D eigenvalue weighted by Gasteiger charge is -2.06. The molecule has 0 saturated heterocycles. The lowest BCUT2D eigenvalue weighted by molar-refractivity contribution is -0.115. The van der Waals surface area contributed by atoms with E-state index >= 15 is 0 Å². The molecular weight excluding hydrogens is 332 g/mol. The average Bonchev–Trinajstić information content (AvgIpc) is 3.02. The Labute approximate surface area is 151 Å². The first-order valence-electron chi connectivity index (χ1n) is 8.13. The van der Waals surface area contributed by atoms with Gasteiger partial charge in [-0.15, -0.1) is 10.2 Å². The van der Waals surface area contributed by atoms with Gasteiger partial charge in [0.25, 0.3) is 0 Å². The highest BCUT2D eigenvalue weighted by Crippen LogP contribution is 2.26. The summed E-state index contributed by atoms with van der Waals surface area (Å²) in [6.45, 7) is 1.83. The van der Waals surface area contributed by atoms with Crippen LogP contribution < -0.4 is 5.32 Å². The van der Waals surface area contributed by atoms with Crippen LogP contribution in [0, 0.1) is 0 Å². The van der Waals surface area contributed by atoms with Crippen molar-refractivity contribution in [2.24, 2.45) is 7.05 Å². The molecule has 1 N–H and O–H groups in total. The van der Waals surface area contributed by atoms with Gasteiger partial charge in [0.1, 0.15) is 0 Å². The van der Waals surface area contributed by atoms with E-state index in [1.807, 2.05) is 61.0 Å². The van der Waals surface area contributed by atoms with E-state index < -0.39 is 0 Å². The van der Waals surface area contributed by atoms with Gasteiger partial charge in [-0.3, -0.25) is 4.79 Å². The number of nitrogens with zero attached hydrogens (tertiary/aromatic N) is 3. The molecule has 128 valence electrons. The molecule has 0 saturated carbocycles. The van der Waals surface area contributed by atoms with Crippen LogP contribution in [0.2, 0.25) is 0 Å². The van der Waals surface area contributed by atoms with E-state index in [0.29, 0.717) is 6.42 Å². The fraction of sp³-hybridized carbons (Fsp3) is 0.211. The number of thioether (sulfide) groups is 1. The molecule has 0 aliphatic rings. The molecule has 0 aliphatic carbocycles. The number of hydrogen-bond acceptors (Lipinski definition) is 4. The Kier molecular flexibility index (Phi) is 5.50. The summed E-state index contributed by atoms with van der Waals surface area (Å²) in [5.74, 6) is 1.67. The Balaban J connectivity index is 1.71. The molecule has 0 spiro atoms. The molecule has 0 atom stereocenters. The van der Waals surface area contributed by atoms with Crippen LogP contribution in [-0.2, 0) is 17.6 Å². The van der Waals surface area contributed by atoms with Crippen LogP contribution in [0.4, 0.5) is 5.69 Å². The van der Waals surface area contributed by atoms with E-state index in [1.54, 1.807) is 11.8 Å². The topological polar surface area (TPSA) is 59.8 Å². The number of benzene rings is 2. The standard InChI is InChI=1S/C19H20N4OS/c1-3-17(24)20-16-11-9-15(10-12-16)18-21-22-19(23(18)2)25-13-14-7-5-4-6-8-14/h4-12H,3,13H2,1-2H3,(H,20,24). The Morgan fingerprint density at radius 1 is 1.08 bits per heavy atom. The van der Waals surface area contributed by atoms with Gasteiger partial charge in [0, 0.05) is 30.5 Å². The van der Waals surface area contributed by atoms with E-state index in [0.717, 1.165) is 28.0 Å². The monoisotopic (exact) mass is 352 g/mol. The van der Waals surface area contributed by atoms with Gasteiger partial charge in [-0.25, -0.2) is 0 Å². The summed E-state index contributed by atoms with van der Waals surface area (Å²) in [6, 6.07) is 18.0. The number of anilines is 1. The number of hydrogen-bond donors (Lipinski definition) is 1. The highest BCUT2D eigenvalue weighted by molar-refractivity contribution is 7.98. The molecule has 2 aromatic carbocycles. The molecule has 0 unspecified atom stereocenters. The Hall–Kier alpha value is -2.60. The number of carbonyl (C=O) groups excluding carboxylic acids is 1. The van der Waals surface area contributed by atoms with Gasteiger partial charge in [0.2, 0.25) is 5.91 Å². The second-order valence-electron chi connectivity index (χ2n) is 5.62. The van der Waals surface area contributed by atoms with Crippen molar-refractivity contribution in [2.45, 2.75) is 24.3 Å². The number of nitrogens with one attached hydrogen (secondary N) is 1. The zero-order valence-electron chi connectivity index (χ0n) is 14.3. The Bertz CT molecular complexity index is 844. The largest absolute Gasteiger partial charge is 0.326 e. The van der Waals surface area contributed by atoms with E-state index in [9.17, 15) is 4.79 Å². The van der Waals surface area contributed by atoms with Gasteiger partial charge in [0.15, 0.2) is 11.0 Å². The molecule has 25 heavy (non-hydrogen) atoms. The van der Waals surface area contributed by atoms with Crippen molar-refractivity contribution in [3.05, 3.63) is 60.2 Å². The quantitative estimate of drug-likeness (QED) is 0.678. The van der Waals surface area contributed by atoms with Crippen LogP contribution in [0.3, 0.4) is 0 Å². The summed E-state index contributed by atoms with van der Waals surface area (Å²) in [4.78, 5) is 11.4. The summed E-state index contributed by atoms with van der Waals surface area (Å²) < 4.78 is 1.99. The maximum atomic E-state index is 11.4. The maximum absolute atomic E-state index is 11.4. The van der Waals surface area contributed by atoms with Crippen LogP contribution in [0.1, 0.15) is 18.9 Å². The van der Waals surface area contributed by atoms with E-state index in [-0.39, 0.29) is 5.91 Å². The van der Waals surface area contributed by atoms with Crippen LogP contribution >= 0.6 is 11.8 Å². The van der Waals surface area contributed by atoms with Gasteiger partial charge in [-0.1, -0.05) is 49.0 Å². The minimum absolute atomic E-state index is 0.00556. The number of aromatic nitrogens is 3. The first kappa shape index (κ1) is 17.2. The van der Waals surface area contributed by atoms with Crippen molar-refractivity contribution in [3.63, 3.8) is 0 Å². The molecule has 1 amide bonds. The lowest BCUT2D eigenvalue weighted by Crippen LogP contribution is -2.09. The van der Waals surface area contributed by atoms with Crippen LogP contribution in [-0.4, -0.2) is 20.7 Å². The first-order chi connectivity index (χ1) is 12.2. The number of rotatable bonds is 6. The third kappa shape index (κ3) is 4.28. The fourth-order valence-corrected chi connectivity index (χ4v) is 3.23. The number of amides is 1. The minimum atomic E-state index is 0.00556. The van der Waals surface area contributed by atoms with Crippen molar-refractivity contribution in [1.82, 2.24) is 14.8 Å². The minimum Gasteiger partial charge on any atom is -0.326 e. The first-order valence-corrected chi connectivity index (χ1v) is 9.12. The van der Waals surface area contributed by atoms with Crippen molar-refractivity contribution in [1.29, 1.82) is 0 Å². The summed E-state index contributed by atoms with van der Waals surface area (Å²) in [5, 5.41) is 12.3. The summed E-state index contributed by atoms with van der Waals surface area (Å²) in [7, 11) is 1.97. The molecule has 0 aliphatic heterocycles. The van der Waals surface area contributed by atoms with Crippen LogP contribution in [0.5, 0.6) is 0 Å². The molecule has 6 heteroatoms. The predicted molar refractivity (Wildman–Crippen MR) is 101 cm³/mol. The molecule has 5 nitrogen and oxygen atoms in total. The van der Waals surface area contributed by atoms with E-state index in [4.69, 9.17) is 0 Å². The maximum Gasteiger partial charge on any atom is 0.224 e. The molecular formula is C19H20N4OS. The van der Waals surface area contributed by atoms with Crippen LogP contribution in [0.15, 0.2) is 59.8 Å². The van der Waals surface area contributed by atoms with Crippen molar-refractivity contribution >= 4 is 23.4 Å². The van der Waals surface area contributed by atoms with Crippen molar-refractivity contribution < 1.29 is 4.79 Å². The van der Waals surface area contributed by atoms with Gasteiger partial charge < -0.3 is 9.88 Å². The van der Waals surface area contributed by atoms with E-state index in [2.05, 4.69) is 27.6 Å². The molecule has 1 aromatic heterocycles. The normalized spacial score (nSPS) is 10.6. The molecule has 0 bridgehead atoms. The summed E-state index contributed by atoms with van der Waals surface area (Å²) in [5.41, 5.74) is 3.01. The highest BCUT2D eigenvalue weighted by atomic mass is 32.2. The second kappa shape index (κ2) is 7.98. The molecule has 3 aromatic rings. The molecule has 0 radical (unpaired) electrons. The van der Waals surface area contributed by atoms with Crippen LogP contribution in [0.25, 0.3) is 11.4 Å². The molecule has 0 fully saturated rings. The number of carbonyl (C=O) groups is 1. The molecule has 3 rings (SSSR count).